The molecule has 0 aliphatic rings. The van der Waals surface area contributed by atoms with E-state index in [0.717, 1.165) is 11.3 Å². The van der Waals surface area contributed by atoms with Gasteiger partial charge < -0.3 is 10.1 Å². The van der Waals surface area contributed by atoms with Crippen molar-refractivity contribution in [2.45, 2.75) is 13.8 Å². The molecule has 0 unspecified atom stereocenters. The fourth-order valence-corrected chi connectivity index (χ4v) is 1.36. The average Bonchev–Trinajstić information content (AvgIpc) is 2.40. The monoisotopic (exact) mass is 193 g/mol. The molecule has 0 radical (unpaired) electrons. The fraction of sp³-hybridized carbons (Fsp3) is 0.200. The minimum absolute atomic E-state index is 0.174. The largest absolute Gasteiger partial charge is 0.477 e. The molecule has 1 aromatic heterocycles. The number of aldehydes is 1. The lowest BCUT2D eigenvalue weighted by molar-refractivity contribution is -0.104. The van der Waals surface area contributed by atoms with Gasteiger partial charge in [-0.15, -0.1) is 0 Å². The number of hydrogen-bond donors (Lipinski definition) is 2. The number of hydrogen-bond acceptors (Lipinski definition) is 2. The molecular formula is C10H11NO3. The van der Waals surface area contributed by atoms with Gasteiger partial charge in [0.1, 0.15) is 12.0 Å². The summed E-state index contributed by atoms with van der Waals surface area (Å²) in [5.41, 5.74) is 2.33. The molecule has 0 aromatic carbocycles. The maximum atomic E-state index is 10.7. The van der Waals surface area contributed by atoms with Crippen LogP contribution in [0.2, 0.25) is 0 Å². The molecule has 1 aromatic rings. The highest BCUT2D eigenvalue weighted by atomic mass is 16.4. The minimum atomic E-state index is -0.989. The van der Waals surface area contributed by atoms with Crippen molar-refractivity contribution in [3.05, 3.63) is 28.6 Å². The van der Waals surface area contributed by atoms with Gasteiger partial charge >= 0.3 is 5.97 Å². The van der Waals surface area contributed by atoms with Gasteiger partial charge in [0.25, 0.3) is 0 Å². The number of aryl methyl sites for hydroxylation is 1. The lowest BCUT2D eigenvalue weighted by Crippen LogP contribution is -1.98. The second kappa shape index (κ2) is 3.91. The molecule has 74 valence electrons. The normalized spacial score (nSPS) is 10.7. The smallest absolute Gasteiger partial charge is 0.352 e. The molecule has 4 heteroatoms. The summed E-state index contributed by atoms with van der Waals surface area (Å²) in [5.74, 6) is -0.989. The number of aromatic amines is 1. The van der Waals surface area contributed by atoms with E-state index in [2.05, 4.69) is 4.98 Å². The number of carbonyl (C=O) groups excluding carboxylic acids is 1. The fourth-order valence-electron chi connectivity index (χ4n) is 1.36. The highest BCUT2D eigenvalue weighted by Gasteiger charge is 2.14. The Hall–Kier alpha value is -1.84. The molecule has 0 fully saturated rings. The predicted molar refractivity (Wildman–Crippen MR) is 52.3 cm³/mol. The maximum absolute atomic E-state index is 10.7. The quantitative estimate of drug-likeness (QED) is 0.565. The Morgan fingerprint density at radius 2 is 2.07 bits per heavy atom. The number of aromatic carboxylic acids is 1. The van der Waals surface area contributed by atoms with Gasteiger partial charge in [-0.05, 0) is 37.1 Å². The number of rotatable bonds is 3. The van der Waals surface area contributed by atoms with E-state index in [-0.39, 0.29) is 5.69 Å². The topological polar surface area (TPSA) is 70.2 Å². The molecule has 2 N–H and O–H groups in total. The summed E-state index contributed by atoms with van der Waals surface area (Å²) in [4.78, 5) is 23.6. The molecule has 1 rings (SSSR count). The van der Waals surface area contributed by atoms with Crippen molar-refractivity contribution < 1.29 is 14.7 Å². The number of allylic oxidation sites excluding steroid dienone is 1. The van der Waals surface area contributed by atoms with E-state index in [0.29, 0.717) is 11.8 Å². The van der Waals surface area contributed by atoms with Crippen molar-refractivity contribution in [2.75, 3.05) is 0 Å². The number of H-pyrrole nitrogens is 1. The number of carboxylic acids is 1. The zero-order valence-corrected chi connectivity index (χ0v) is 8.00. The lowest BCUT2D eigenvalue weighted by atomic mass is 10.1. The highest BCUT2D eigenvalue weighted by molar-refractivity contribution is 5.89. The van der Waals surface area contributed by atoms with Gasteiger partial charge in [-0.3, -0.25) is 4.79 Å². The van der Waals surface area contributed by atoms with Crippen molar-refractivity contribution in [2.24, 2.45) is 0 Å². The molecule has 0 saturated heterocycles. The van der Waals surface area contributed by atoms with E-state index in [1.54, 1.807) is 19.9 Å². The van der Waals surface area contributed by atoms with Gasteiger partial charge in [0.2, 0.25) is 0 Å². The Kier molecular flexibility index (Phi) is 2.86. The van der Waals surface area contributed by atoms with Crippen molar-refractivity contribution >= 4 is 18.3 Å². The summed E-state index contributed by atoms with van der Waals surface area (Å²) in [5, 5.41) is 8.80. The van der Waals surface area contributed by atoms with E-state index in [4.69, 9.17) is 5.11 Å². The second-order valence-electron chi connectivity index (χ2n) is 2.96. The van der Waals surface area contributed by atoms with E-state index < -0.39 is 5.97 Å². The van der Waals surface area contributed by atoms with Crippen LogP contribution in [0.1, 0.15) is 27.3 Å². The van der Waals surface area contributed by atoms with Crippen molar-refractivity contribution in [1.82, 2.24) is 4.98 Å². The van der Waals surface area contributed by atoms with E-state index in [9.17, 15) is 9.59 Å². The predicted octanol–water partition coefficient (Wildman–Crippen LogP) is 1.54. The van der Waals surface area contributed by atoms with Crippen LogP contribution in [0.4, 0.5) is 0 Å². The molecule has 0 aliphatic heterocycles. The Labute approximate surface area is 81.3 Å². The molecule has 0 aliphatic carbocycles. The summed E-state index contributed by atoms with van der Waals surface area (Å²) in [6.45, 7) is 3.47. The highest BCUT2D eigenvalue weighted by Crippen LogP contribution is 2.18. The van der Waals surface area contributed by atoms with Crippen molar-refractivity contribution in [3.8, 4) is 0 Å². The third-order valence-electron chi connectivity index (χ3n) is 2.05. The van der Waals surface area contributed by atoms with Crippen LogP contribution in [0.5, 0.6) is 0 Å². The Morgan fingerprint density at radius 1 is 1.43 bits per heavy atom. The Bertz CT molecular complexity index is 402. The molecule has 0 amide bonds. The van der Waals surface area contributed by atoms with Gasteiger partial charge in [-0.25, -0.2) is 4.79 Å². The van der Waals surface area contributed by atoms with Gasteiger partial charge in [0.15, 0.2) is 0 Å². The van der Waals surface area contributed by atoms with Crippen LogP contribution >= 0.6 is 0 Å². The number of aromatic nitrogens is 1. The number of nitrogens with one attached hydrogen (secondary N) is 1. The molecule has 0 saturated carbocycles. The van der Waals surface area contributed by atoms with Crippen molar-refractivity contribution in [1.29, 1.82) is 0 Å². The first-order chi connectivity index (χ1) is 6.57. The average molecular weight is 193 g/mol. The number of carboxylic acid groups (broad SMARTS) is 1. The van der Waals surface area contributed by atoms with Gasteiger partial charge in [-0.1, -0.05) is 0 Å². The van der Waals surface area contributed by atoms with Gasteiger partial charge in [-0.2, -0.15) is 0 Å². The molecule has 1 heterocycles. The van der Waals surface area contributed by atoms with Gasteiger partial charge in [0, 0.05) is 5.69 Å². The summed E-state index contributed by atoms with van der Waals surface area (Å²) in [6.07, 6.45) is 3.60. The van der Waals surface area contributed by atoms with Gasteiger partial charge in [0.05, 0.1) is 0 Å². The molecule has 14 heavy (non-hydrogen) atoms. The van der Waals surface area contributed by atoms with Crippen LogP contribution in [0, 0.1) is 13.8 Å². The maximum Gasteiger partial charge on any atom is 0.352 e. The Morgan fingerprint density at radius 3 is 2.50 bits per heavy atom. The van der Waals surface area contributed by atoms with Crippen LogP contribution in [0.25, 0.3) is 6.08 Å². The minimum Gasteiger partial charge on any atom is -0.477 e. The molecule has 4 nitrogen and oxygen atoms in total. The standard InChI is InChI=1S/C10H11NO3/c1-6-8(4-3-5-12)7(2)11-9(6)10(13)14/h3-5,11H,1-2H3,(H,13,14). The first-order valence-corrected chi connectivity index (χ1v) is 4.12. The van der Waals surface area contributed by atoms with E-state index in [1.807, 2.05) is 0 Å². The number of carbonyl (C=O) groups is 2. The SMILES string of the molecule is Cc1[nH]c(C(=O)O)c(C)c1C=CC=O. The van der Waals surface area contributed by atoms with E-state index >= 15 is 0 Å². The molecule has 0 atom stereocenters. The molecule has 0 bridgehead atoms. The summed E-state index contributed by atoms with van der Waals surface area (Å²) >= 11 is 0. The van der Waals surface area contributed by atoms with Crippen LogP contribution in [0.3, 0.4) is 0 Å². The van der Waals surface area contributed by atoms with Crippen LogP contribution in [-0.4, -0.2) is 22.3 Å². The van der Waals surface area contributed by atoms with Crippen LogP contribution in [0.15, 0.2) is 6.08 Å². The summed E-state index contributed by atoms with van der Waals surface area (Å²) in [6, 6.07) is 0. The molecule has 0 spiro atoms. The van der Waals surface area contributed by atoms with Crippen LogP contribution < -0.4 is 0 Å². The van der Waals surface area contributed by atoms with E-state index in [1.165, 1.54) is 6.08 Å². The van der Waals surface area contributed by atoms with Crippen molar-refractivity contribution in [3.63, 3.8) is 0 Å². The second-order valence-corrected chi connectivity index (χ2v) is 2.96. The summed E-state index contributed by atoms with van der Waals surface area (Å²) in [7, 11) is 0. The Balaban J connectivity index is 3.24. The van der Waals surface area contributed by atoms with Crippen LogP contribution in [-0.2, 0) is 4.79 Å². The first kappa shape index (κ1) is 10.2. The zero-order valence-electron chi connectivity index (χ0n) is 8.00. The third-order valence-corrected chi connectivity index (χ3v) is 2.05. The molecular weight excluding hydrogens is 182 g/mol. The lowest BCUT2D eigenvalue weighted by Gasteiger charge is -1.92. The summed E-state index contributed by atoms with van der Waals surface area (Å²) < 4.78 is 0. The first-order valence-electron chi connectivity index (χ1n) is 4.12. The third kappa shape index (κ3) is 1.74. The zero-order chi connectivity index (χ0) is 10.7.